The van der Waals surface area contributed by atoms with Gasteiger partial charge in [0.2, 0.25) is 0 Å². The zero-order chi connectivity index (χ0) is 15.1. The van der Waals surface area contributed by atoms with Crippen molar-refractivity contribution in [3.8, 4) is 0 Å². The van der Waals surface area contributed by atoms with E-state index in [4.69, 9.17) is 0 Å². The molecular formula is C16H30O3. The second-order valence-electron chi connectivity index (χ2n) is 4.60. The smallest absolute Gasteiger partial charge is 0.145 e. The van der Waals surface area contributed by atoms with Crippen LogP contribution < -0.4 is 0 Å². The fourth-order valence-corrected chi connectivity index (χ4v) is 1.57. The number of hydrogen-bond donors (Lipinski definition) is 1. The Bertz CT molecular complexity index is 246. The van der Waals surface area contributed by atoms with Gasteiger partial charge in [0, 0.05) is 5.92 Å². The molecule has 0 amide bonds. The van der Waals surface area contributed by atoms with Crippen LogP contribution in [0.2, 0.25) is 0 Å². The lowest BCUT2D eigenvalue weighted by Gasteiger charge is -2.13. The highest BCUT2D eigenvalue weighted by atomic mass is 16.3. The minimum Gasteiger partial charge on any atom is -0.392 e. The minimum absolute atomic E-state index is 0.153. The number of aliphatic hydroxyl groups is 1. The maximum atomic E-state index is 10.3. The Morgan fingerprint density at radius 2 is 1.74 bits per heavy atom. The lowest BCUT2D eigenvalue weighted by atomic mass is 9.98. The molecule has 0 rings (SSSR count). The summed E-state index contributed by atoms with van der Waals surface area (Å²) < 4.78 is 0. The first-order valence-electron chi connectivity index (χ1n) is 7.38. The SMILES string of the molecule is CCCC(O)C(C=O)CC.CCCC=C(C=O)CC. The molecule has 0 aromatic carbocycles. The van der Waals surface area contributed by atoms with Crippen molar-refractivity contribution in [3.63, 3.8) is 0 Å². The molecule has 3 heteroatoms. The number of unbranched alkanes of at least 4 members (excludes halogenated alkanes) is 1. The third-order valence-corrected chi connectivity index (χ3v) is 2.98. The number of aldehydes is 2. The Kier molecular flexibility index (Phi) is 16.2. The predicted molar refractivity (Wildman–Crippen MR) is 80.1 cm³/mol. The lowest BCUT2D eigenvalue weighted by molar-refractivity contribution is -0.114. The van der Waals surface area contributed by atoms with E-state index in [0.717, 1.165) is 56.7 Å². The van der Waals surface area contributed by atoms with Gasteiger partial charge >= 0.3 is 0 Å². The van der Waals surface area contributed by atoms with E-state index >= 15 is 0 Å². The molecule has 112 valence electrons. The summed E-state index contributed by atoms with van der Waals surface area (Å²) in [5.41, 5.74) is 0.928. The fraction of sp³-hybridized carbons (Fsp3) is 0.750. The molecule has 0 fully saturated rings. The molecule has 0 aromatic heterocycles. The van der Waals surface area contributed by atoms with Gasteiger partial charge in [0.15, 0.2) is 0 Å². The molecule has 3 nitrogen and oxygen atoms in total. The van der Waals surface area contributed by atoms with E-state index in [1.165, 1.54) is 0 Å². The molecule has 0 saturated carbocycles. The van der Waals surface area contributed by atoms with E-state index in [0.29, 0.717) is 0 Å². The normalized spacial score (nSPS) is 14.1. The summed E-state index contributed by atoms with van der Waals surface area (Å²) in [6.45, 7) is 8.02. The van der Waals surface area contributed by atoms with Crippen LogP contribution >= 0.6 is 0 Å². The van der Waals surface area contributed by atoms with Gasteiger partial charge in [-0.1, -0.05) is 46.6 Å². The molecule has 0 aromatic rings. The zero-order valence-corrected chi connectivity index (χ0v) is 12.9. The molecule has 0 bridgehead atoms. The van der Waals surface area contributed by atoms with Crippen LogP contribution in [0.1, 0.15) is 66.2 Å². The van der Waals surface area contributed by atoms with Crippen LogP contribution in [0, 0.1) is 5.92 Å². The van der Waals surface area contributed by atoms with Crippen molar-refractivity contribution in [2.24, 2.45) is 5.92 Å². The molecule has 0 radical (unpaired) electrons. The number of rotatable bonds is 9. The van der Waals surface area contributed by atoms with Crippen molar-refractivity contribution < 1.29 is 14.7 Å². The molecule has 2 unspecified atom stereocenters. The molecule has 19 heavy (non-hydrogen) atoms. The highest BCUT2D eigenvalue weighted by Gasteiger charge is 2.14. The van der Waals surface area contributed by atoms with Crippen molar-refractivity contribution in [1.82, 2.24) is 0 Å². The average Bonchev–Trinajstić information content (AvgIpc) is 2.42. The largest absolute Gasteiger partial charge is 0.392 e. The van der Waals surface area contributed by atoms with E-state index in [9.17, 15) is 14.7 Å². The van der Waals surface area contributed by atoms with E-state index in [1.807, 2.05) is 26.8 Å². The maximum absolute atomic E-state index is 10.3. The van der Waals surface area contributed by atoms with Crippen molar-refractivity contribution in [1.29, 1.82) is 0 Å². The van der Waals surface area contributed by atoms with Crippen molar-refractivity contribution in [3.05, 3.63) is 11.6 Å². The van der Waals surface area contributed by atoms with Gasteiger partial charge in [0.1, 0.15) is 12.6 Å². The first kappa shape index (κ1) is 20.4. The second kappa shape index (κ2) is 15.1. The monoisotopic (exact) mass is 270 g/mol. The molecule has 0 heterocycles. The maximum Gasteiger partial charge on any atom is 0.145 e. The molecule has 0 saturated heterocycles. The second-order valence-corrected chi connectivity index (χ2v) is 4.60. The van der Waals surface area contributed by atoms with Crippen LogP contribution in [0.3, 0.4) is 0 Å². The summed E-state index contributed by atoms with van der Waals surface area (Å²) in [6.07, 6.45) is 8.80. The van der Waals surface area contributed by atoms with Gasteiger partial charge in [0.05, 0.1) is 6.10 Å². The number of hydrogen-bond acceptors (Lipinski definition) is 3. The van der Waals surface area contributed by atoms with Gasteiger partial charge < -0.3 is 9.90 Å². The first-order chi connectivity index (χ1) is 9.10. The van der Waals surface area contributed by atoms with E-state index < -0.39 is 6.10 Å². The Balaban J connectivity index is 0. The average molecular weight is 270 g/mol. The van der Waals surface area contributed by atoms with Gasteiger partial charge in [-0.15, -0.1) is 0 Å². The summed E-state index contributed by atoms with van der Waals surface area (Å²) in [6, 6.07) is 0. The molecule has 0 aliphatic rings. The van der Waals surface area contributed by atoms with Crippen molar-refractivity contribution in [2.75, 3.05) is 0 Å². The third kappa shape index (κ3) is 11.8. The number of carbonyl (C=O) groups is 2. The van der Waals surface area contributed by atoms with Gasteiger partial charge in [-0.05, 0) is 31.3 Å². The summed E-state index contributed by atoms with van der Waals surface area (Å²) >= 11 is 0. The van der Waals surface area contributed by atoms with Crippen LogP contribution in [-0.2, 0) is 9.59 Å². The topological polar surface area (TPSA) is 54.4 Å². The lowest BCUT2D eigenvalue weighted by Crippen LogP contribution is -2.20. The molecule has 2 atom stereocenters. The molecule has 0 spiro atoms. The van der Waals surface area contributed by atoms with E-state index in [-0.39, 0.29) is 5.92 Å². The van der Waals surface area contributed by atoms with Crippen LogP contribution in [0.4, 0.5) is 0 Å². The van der Waals surface area contributed by atoms with Crippen molar-refractivity contribution in [2.45, 2.75) is 72.3 Å². The van der Waals surface area contributed by atoms with E-state index in [2.05, 4.69) is 6.92 Å². The molecule has 1 N–H and O–H groups in total. The highest BCUT2D eigenvalue weighted by molar-refractivity contribution is 5.72. The summed E-state index contributed by atoms with van der Waals surface area (Å²) in [5.74, 6) is -0.153. The van der Waals surface area contributed by atoms with Gasteiger partial charge in [-0.2, -0.15) is 0 Å². The highest BCUT2D eigenvalue weighted by Crippen LogP contribution is 2.10. The standard InChI is InChI=1S/C8H16O2.C8H14O/c1-3-5-8(10)7(4-2)6-9;1-3-5-6-8(4-2)7-9/h6-8,10H,3-5H2,1-2H3;6-7H,3-5H2,1-2H3. The molecular weight excluding hydrogens is 240 g/mol. The third-order valence-electron chi connectivity index (χ3n) is 2.98. The van der Waals surface area contributed by atoms with Gasteiger partial charge in [-0.25, -0.2) is 0 Å². The number of carbonyl (C=O) groups excluding carboxylic acids is 2. The quantitative estimate of drug-likeness (QED) is 0.513. The van der Waals surface area contributed by atoms with Crippen LogP contribution in [-0.4, -0.2) is 23.8 Å². The van der Waals surface area contributed by atoms with Gasteiger partial charge in [0.25, 0.3) is 0 Å². The number of aliphatic hydroxyl groups excluding tert-OH is 1. The number of allylic oxidation sites excluding steroid dienone is 2. The van der Waals surface area contributed by atoms with Crippen LogP contribution in [0.5, 0.6) is 0 Å². The summed E-state index contributed by atoms with van der Waals surface area (Å²) in [4.78, 5) is 20.5. The minimum atomic E-state index is -0.424. The first-order valence-corrected chi connectivity index (χ1v) is 7.38. The Morgan fingerprint density at radius 1 is 1.11 bits per heavy atom. The fourth-order valence-electron chi connectivity index (χ4n) is 1.57. The Labute approximate surface area is 118 Å². The van der Waals surface area contributed by atoms with Crippen LogP contribution in [0.15, 0.2) is 11.6 Å². The zero-order valence-electron chi connectivity index (χ0n) is 12.9. The van der Waals surface area contributed by atoms with Crippen LogP contribution in [0.25, 0.3) is 0 Å². The van der Waals surface area contributed by atoms with Gasteiger partial charge in [-0.3, -0.25) is 4.79 Å². The van der Waals surface area contributed by atoms with E-state index in [1.54, 1.807) is 0 Å². The molecule has 0 aliphatic heterocycles. The predicted octanol–water partition coefficient (Wildman–Crippen LogP) is 3.69. The van der Waals surface area contributed by atoms with Crippen molar-refractivity contribution >= 4 is 12.6 Å². The summed E-state index contributed by atoms with van der Waals surface area (Å²) in [7, 11) is 0. The summed E-state index contributed by atoms with van der Waals surface area (Å²) in [5, 5.41) is 9.28. The Morgan fingerprint density at radius 3 is 2.05 bits per heavy atom. The Hall–Kier alpha value is -0.960. The molecule has 0 aliphatic carbocycles.